The Bertz CT molecular complexity index is 886. The number of nitrogens with zero attached hydrogens (tertiary/aromatic N) is 1. The number of rotatable bonds is 4. The molecule has 5 heteroatoms. The van der Waals surface area contributed by atoms with Crippen LogP contribution in [0.2, 0.25) is 5.02 Å². The number of ether oxygens (including phenoxy) is 1. The second kappa shape index (κ2) is 8.32. The maximum atomic E-state index is 12.6. The van der Waals surface area contributed by atoms with Gasteiger partial charge < -0.3 is 4.74 Å². The lowest BCUT2D eigenvalue weighted by Crippen LogP contribution is -2.37. The molecule has 0 spiro atoms. The van der Waals surface area contributed by atoms with E-state index in [1.165, 1.54) is 17.6 Å². The van der Waals surface area contributed by atoms with E-state index in [-0.39, 0.29) is 23.5 Å². The first kappa shape index (κ1) is 21.0. The predicted molar refractivity (Wildman–Crippen MR) is 116 cm³/mol. The molecule has 0 N–H and O–H groups in total. The molecule has 0 saturated heterocycles. The van der Waals surface area contributed by atoms with Crippen LogP contribution < -0.4 is 0 Å². The molecule has 28 heavy (non-hydrogen) atoms. The van der Waals surface area contributed by atoms with Gasteiger partial charge in [0.2, 0.25) is 0 Å². The third-order valence-corrected chi connectivity index (χ3v) is 6.51. The average molecular weight is 416 g/mol. The van der Waals surface area contributed by atoms with Crippen LogP contribution in [0, 0.1) is 12.3 Å². The number of hydrogen-bond acceptors (Lipinski definition) is 4. The molecule has 3 nitrogen and oxygen atoms in total. The third kappa shape index (κ3) is 4.29. The molecule has 0 radical (unpaired) electrons. The van der Waals surface area contributed by atoms with Crippen molar-refractivity contribution in [3.8, 4) is 0 Å². The lowest BCUT2D eigenvalue weighted by Gasteiger charge is -2.37. The molecule has 1 aliphatic rings. The largest absolute Gasteiger partial charge is 0.466 e. The van der Waals surface area contributed by atoms with Gasteiger partial charge in [-0.25, -0.2) is 9.10 Å². The summed E-state index contributed by atoms with van der Waals surface area (Å²) in [7, 11) is 1.44. The molecule has 148 valence electrons. The molecule has 2 aromatic carbocycles. The molecule has 0 amide bonds. The molecule has 0 fully saturated rings. The van der Waals surface area contributed by atoms with E-state index in [1.54, 1.807) is 11.9 Å². The number of halogens is 1. The molecule has 1 heterocycles. The van der Waals surface area contributed by atoms with Crippen molar-refractivity contribution in [1.29, 1.82) is 0 Å². The molecule has 0 bridgehead atoms. The van der Waals surface area contributed by atoms with Crippen LogP contribution in [-0.4, -0.2) is 23.4 Å². The van der Waals surface area contributed by atoms with Crippen molar-refractivity contribution in [2.24, 2.45) is 5.41 Å². The quantitative estimate of drug-likeness (QED) is 0.437. The van der Waals surface area contributed by atoms with Gasteiger partial charge in [-0.2, -0.15) is 0 Å². The standard InChI is InChI=1S/C23H26ClNO2S/c1-15-8-6-7-9-19(15)28-25-20(23(2,3)4)14-18(22(26)27-5)21(25)16-10-12-17(24)13-11-16/h6-14,20-21H,1-5H3. The zero-order valence-corrected chi connectivity index (χ0v) is 18.5. The zero-order valence-electron chi connectivity index (χ0n) is 16.9. The van der Waals surface area contributed by atoms with E-state index in [2.05, 4.69) is 50.2 Å². The van der Waals surface area contributed by atoms with E-state index >= 15 is 0 Å². The Balaban J connectivity index is 2.10. The predicted octanol–water partition coefficient (Wildman–Crippen LogP) is 6.23. The van der Waals surface area contributed by atoms with E-state index in [0.717, 1.165) is 5.56 Å². The van der Waals surface area contributed by atoms with Crippen molar-refractivity contribution in [3.05, 3.63) is 76.3 Å². The molecular formula is C23H26ClNO2S. The molecule has 2 aromatic rings. The number of benzene rings is 2. The van der Waals surface area contributed by atoms with Crippen molar-refractivity contribution < 1.29 is 9.53 Å². The summed E-state index contributed by atoms with van der Waals surface area (Å²) in [4.78, 5) is 13.8. The van der Waals surface area contributed by atoms with Crippen LogP contribution in [0.5, 0.6) is 0 Å². The van der Waals surface area contributed by atoms with Crippen LogP contribution in [0.25, 0.3) is 0 Å². The lowest BCUT2D eigenvalue weighted by molar-refractivity contribution is -0.136. The van der Waals surface area contributed by atoms with Crippen LogP contribution in [0.1, 0.15) is 37.9 Å². The molecular weight excluding hydrogens is 390 g/mol. The van der Waals surface area contributed by atoms with Gasteiger partial charge in [-0.3, -0.25) is 0 Å². The Kier molecular flexibility index (Phi) is 6.23. The second-order valence-corrected chi connectivity index (χ2v) is 9.58. The SMILES string of the molecule is COC(=O)C1=CC(C(C)(C)C)N(Sc2ccccc2C)C1c1ccc(Cl)cc1. The van der Waals surface area contributed by atoms with Gasteiger partial charge in [0.25, 0.3) is 0 Å². The minimum absolute atomic E-state index is 0.0594. The number of esters is 1. The van der Waals surface area contributed by atoms with E-state index in [1.807, 2.05) is 36.4 Å². The molecule has 2 unspecified atom stereocenters. The fraction of sp³-hybridized carbons (Fsp3) is 0.348. The molecule has 0 aliphatic carbocycles. The smallest absolute Gasteiger partial charge is 0.335 e. The van der Waals surface area contributed by atoms with Crippen molar-refractivity contribution in [2.45, 2.75) is 44.7 Å². The van der Waals surface area contributed by atoms with E-state index in [0.29, 0.717) is 10.6 Å². The van der Waals surface area contributed by atoms with Crippen molar-refractivity contribution in [2.75, 3.05) is 7.11 Å². The van der Waals surface area contributed by atoms with E-state index < -0.39 is 0 Å². The molecule has 0 saturated carbocycles. The highest BCUT2D eigenvalue weighted by atomic mass is 35.5. The number of hydrogen-bond donors (Lipinski definition) is 0. The summed E-state index contributed by atoms with van der Waals surface area (Å²) < 4.78 is 7.44. The van der Waals surface area contributed by atoms with Gasteiger partial charge >= 0.3 is 5.97 Å². The van der Waals surface area contributed by atoms with Gasteiger partial charge in [-0.05, 0) is 53.6 Å². The molecule has 3 rings (SSSR count). The van der Waals surface area contributed by atoms with Gasteiger partial charge in [0.1, 0.15) is 0 Å². The number of aryl methyl sites for hydroxylation is 1. The number of carbonyl (C=O) groups is 1. The molecule has 1 aliphatic heterocycles. The first-order chi connectivity index (χ1) is 13.2. The maximum Gasteiger partial charge on any atom is 0.335 e. The summed E-state index contributed by atoms with van der Waals surface area (Å²) in [6.45, 7) is 8.69. The fourth-order valence-corrected chi connectivity index (χ4v) is 4.95. The number of methoxy groups -OCH3 is 1. The van der Waals surface area contributed by atoms with Crippen LogP contribution in [-0.2, 0) is 9.53 Å². The monoisotopic (exact) mass is 415 g/mol. The minimum atomic E-state index is -0.290. The van der Waals surface area contributed by atoms with Gasteiger partial charge in [-0.15, -0.1) is 0 Å². The van der Waals surface area contributed by atoms with Crippen LogP contribution in [0.3, 0.4) is 0 Å². The van der Waals surface area contributed by atoms with Crippen molar-refractivity contribution in [3.63, 3.8) is 0 Å². The van der Waals surface area contributed by atoms with Gasteiger partial charge in [0.05, 0.1) is 18.7 Å². The Morgan fingerprint density at radius 1 is 1.11 bits per heavy atom. The maximum absolute atomic E-state index is 12.6. The third-order valence-electron chi connectivity index (χ3n) is 4.95. The minimum Gasteiger partial charge on any atom is -0.466 e. The van der Waals surface area contributed by atoms with Gasteiger partial charge in [0, 0.05) is 16.0 Å². The lowest BCUT2D eigenvalue weighted by atomic mass is 9.87. The number of carbonyl (C=O) groups excluding carboxylic acids is 1. The van der Waals surface area contributed by atoms with Crippen LogP contribution in [0.15, 0.2) is 65.1 Å². The normalized spacial score (nSPS) is 20.1. The average Bonchev–Trinajstić information content (AvgIpc) is 3.03. The summed E-state index contributed by atoms with van der Waals surface area (Å²) in [5.74, 6) is -0.290. The zero-order chi connectivity index (χ0) is 20.5. The fourth-order valence-electron chi connectivity index (χ4n) is 3.42. The second-order valence-electron chi connectivity index (χ2n) is 8.10. The highest BCUT2D eigenvalue weighted by molar-refractivity contribution is 7.97. The Hall–Kier alpha value is -1.75. The first-order valence-corrected chi connectivity index (χ1v) is 10.4. The van der Waals surface area contributed by atoms with Crippen molar-refractivity contribution in [1.82, 2.24) is 4.31 Å². The highest BCUT2D eigenvalue weighted by Gasteiger charge is 2.44. The summed E-state index contributed by atoms with van der Waals surface area (Å²) in [6.07, 6.45) is 2.07. The molecule has 2 atom stereocenters. The Morgan fingerprint density at radius 3 is 2.32 bits per heavy atom. The first-order valence-electron chi connectivity index (χ1n) is 9.30. The Morgan fingerprint density at radius 2 is 1.75 bits per heavy atom. The van der Waals surface area contributed by atoms with E-state index in [4.69, 9.17) is 16.3 Å². The van der Waals surface area contributed by atoms with Crippen LogP contribution in [0.4, 0.5) is 0 Å². The van der Waals surface area contributed by atoms with Crippen molar-refractivity contribution >= 4 is 29.5 Å². The van der Waals surface area contributed by atoms with E-state index in [9.17, 15) is 4.79 Å². The van der Waals surface area contributed by atoms with Gasteiger partial charge in [-0.1, -0.05) is 68.8 Å². The highest BCUT2D eigenvalue weighted by Crippen LogP contribution is 2.49. The summed E-state index contributed by atoms with van der Waals surface area (Å²) >= 11 is 7.80. The summed E-state index contributed by atoms with van der Waals surface area (Å²) in [5, 5.41) is 0.677. The summed E-state index contributed by atoms with van der Waals surface area (Å²) in [5.41, 5.74) is 2.84. The van der Waals surface area contributed by atoms with Crippen LogP contribution >= 0.6 is 23.5 Å². The Labute approximate surface area is 176 Å². The summed E-state index contributed by atoms with van der Waals surface area (Å²) in [6, 6.07) is 15.9. The molecule has 0 aromatic heterocycles. The van der Waals surface area contributed by atoms with Gasteiger partial charge in [0.15, 0.2) is 0 Å². The topological polar surface area (TPSA) is 29.5 Å².